The van der Waals surface area contributed by atoms with Crippen molar-refractivity contribution in [1.82, 2.24) is 0 Å². The predicted octanol–water partition coefficient (Wildman–Crippen LogP) is 3.41. The summed E-state index contributed by atoms with van der Waals surface area (Å²) in [6, 6.07) is 8.21. The first-order valence-corrected chi connectivity index (χ1v) is 7.00. The summed E-state index contributed by atoms with van der Waals surface area (Å²) in [5, 5.41) is 8.88. The number of ether oxygens (including phenoxy) is 1. The van der Waals surface area contributed by atoms with E-state index in [0.29, 0.717) is 12.2 Å². The highest BCUT2D eigenvalue weighted by atomic mass is 79.9. The van der Waals surface area contributed by atoms with Crippen LogP contribution in [0.25, 0.3) is 0 Å². The smallest absolute Gasteiger partial charge is 0.184 e. The van der Waals surface area contributed by atoms with Crippen molar-refractivity contribution in [2.75, 3.05) is 0 Å². The number of nitriles is 1. The quantitative estimate of drug-likeness (QED) is 0.876. The maximum absolute atomic E-state index is 8.88. The number of benzene rings is 1. The van der Waals surface area contributed by atoms with E-state index in [1.807, 2.05) is 25.1 Å². The SMILES string of the molecule is CCC(N)Cc1ccc(OC(C#N)CC)c(Br)c1. The summed E-state index contributed by atoms with van der Waals surface area (Å²) in [7, 11) is 0. The summed E-state index contributed by atoms with van der Waals surface area (Å²) in [6.07, 6.45) is 2.09. The molecule has 1 aromatic rings. The summed E-state index contributed by atoms with van der Waals surface area (Å²) in [4.78, 5) is 0. The van der Waals surface area contributed by atoms with Crippen molar-refractivity contribution in [2.24, 2.45) is 5.73 Å². The molecule has 4 heteroatoms. The summed E-state index contributed by atoms with van der Waals surface area (Å²) in [5.41, 5.74) is 7.10. The zero-order chi connectivity index (χ0) is 13.5. The summed E-state index contributed by atoms with van der Waals surface area (Å²) in [6.45, 7) is 4.01. The van der Waals surface area contributed by atoms with Gasteiger partial charge in [-0.3, -0.25) is 0 Å². The minimum Gasteiger partial charge on any atom is -0.474 e. The van der Waals surface area contributed by atoms with Crippen LogP contribution in [0.1, 0.15) is 32.3 Å². The summed E-state index contributed by atoms with van der Waals surface area (Å²) >= 11 is 3.47. The molecule has 0 radical (unpaired) electrons. The molecular weight excluding hydrogens is 292 g/mol. The average Bonchev–Trinajstić information content (AvgIpc) is 2.38. The van der Waals surface area contributed by atoms with Crippen molar-refractivity contribution in [3.05, 3.63) is 28.2 Å². The molecule has 0 saturated carbocycles. The van der Waals surface area contributed by atoms with Gasteiger partial charge in [-0.1, -0.05) is 19.9 Å². The van der Waals surface area contributed by atoms with E-state index in [1.54, 1.807) is 0 Å². The van der Waals surface area contributed by atoms with Gasteiger partial charge in [-0.2, -0.15) is 5.26 Å². The van der Waals surface area contributed by atoms with Crippen LogP contribution < -0.4 is 10.5 Å². The minimum absolute atomic E-state index is 0.186. The Bertz CT molecular complexity index is 428. The van der Waals surface area contributed by atoms with Crippen molar-refractivity contribution in [3.63, 3.8) is 0 Å². The lowest BCUT2D eigenvalue weighted by atomic mass is 10.0. The van der Waals surface area contributed by atoms with E-state index >= 15 is 0 Å². The van der Waals surface area contributed by atoms with Crippen LogP contribution in [0.3, 0.4) is 0 Å². The normalized spacial score (nSPS) is 13.7. The van der Waals surface area contributed by atoms with Crippen LogP contribution in [0, 0.1) is 11.3 Å². The number of nitrogens with two attached hydrogens (primary N) is 1. The standard InChI is InChI=1S/C14H19BrN2O/c1-3-11(17)7-10-5-6-14(13(15)8-10)18-12(4-2)9-16/h5-6,8,11-12H,3-4,7,17H2,1-2H3. The number of hydrogen-bond acceptors (Lipinski definition) is 3. The number of rotatable bonds is 6. The molecule has 0 aliphatic heterocycles. The van der Waals surface area contributed by atoms with Gasteiger partial charge in [0.2, 0.25) is 0 Å². The van der Waals surface area contributed by atoms with E-state index in [2.05, 4.69) is 28.9 Å². The molecule has 0 aromatic heterocycles. The Morgan fingerprint density at radius 1 is 1.39 bits per heavy atom. The van der Waals surface area contributed by atoms with E-state index in [1.165, 1.54) is 5.56 Å². The van der Waals surface area contributed by atoms with Gasteiger partial charge in [-0.15, -0.1) is 0 Å². The number of hydrogen-bond donors (Lipinski definition) is 1. The maximum Gasteiger partial charge on any atom is 0.184 e. The number of halogens is 1. The third-order valence-electron chi connectivity index (χ3n) is 2.80. The highest BCUT2D eigenvalue weighted by Gasteiger charge is 2.10. The highest BCUT2D eigenvalue weighted by Crippen LogP contribution is 2.27. The van der Waals surface area contributed by atoms with Gasteiger partial charge in [0.25, 0.3) is 0 Å². The van der Waals surface area contributed by atoms with Gasteiger partial charge in [0.15, 0.2) is 6.10 Å². The van der Waals surface area contributed by atoms with Gasteiger partial charge in [0.1, 0.15) is 11.8 Å². The molecule has 0 amide bonds. The van der Waals surface area contributed by atoms with E-state index in [-0.39, 0.29) is 6.04 Å². The molecule has 2 unspecified atom stereocenters. The fourth-order valence-electron chi connectivity index (χ4n) is 1.57. The molecule has 0 aliphatic rings. The molecule has 0 bridgehead atoms. The summed E-state index contributed by atoms with van der Waals surface area (Å²) in [5.74, 6) is 0.706. The van der Waals surface area contributed by atoms with Gasteiger partial charge in [0.05, 0.1) is 4.47 Å². The van der Waals surface area contributed by atoms with Crippen LogP contribution in [-0.2, 0) is 6.42 Å². The first kappa shape index (κ1) is 15.0. The second kappa shape index (κ2) is 7.40. The fourth-order valence-corrected chi connectivity index (χ4v) is 2.09. The minimum atomic E-state index is -0.398. The second-order valence-corrected chi connectivity index (χ2v) is 5.14. The molecular formula is C14H19BrN2O. The lowest BCUT2D eigenvalue weighted by Gasteiger charge is -2.14. The average molecular weight is 311 g/mol. The zero-order valence-electron chi connectivity index (χ0n) is 10.8. The van der Waals surface area contributed by atoms with E-state index < -0.39 is 6.10 Å². The van der Waals surface area contributed by atoms with Crippen LogP contribution in [0.2, 0.25) is 0 Å². The lowest BCUT2D eigenvalue weighted by Crippen LogP contribution is -2.21. The molecule has 1 rings (SSSR count). The molecule has 0 spiro atoms. The van der Waals surface area contributed by atoms with Gasteiger partial charge < -0.3 is 10.5 Å². The molecule has 18 heavy (non-hydrogen) atoms. The van der Waals surface area contributed by atoms with Crippen molar-refractivity contribution < 1.29 is 4.74 Å². The zero-order valence-corrected chi connectivity index (χ0v) is 12.4. The van der Waals surface area contributed by atoms with E-state index in [9.17, 15) is 0 Å². The predicted molar refractivity (Wildman–Crippen MR) is 76.4 cm³/mol. The Hall–Kier alpha value is -1.05. The molecule has 2 atom stereocenters. The first-order valence-electron chi connectivity index (χ1n) is 6.20. The summed E-state index contributed by atoms with van der Waals surface area (Å²) < 4.78 is 6.46. The van der Waals surface area contributed by atoms with Crippen molar-refractivity contribution >= 4 is 15.9 Å². The fraction of sp³-hybridized carbons (Fsp3) is 0.500. The lowest BCUT2D eigenvalue weighted by molar-refractivity contribution is 0.250. The Labute approximate surface area is 117 Å². The van der Waals surface area contributed by atoms with Crippen molar-refractivity contribution in [3.8, 4) is 11.8 Å². The molecule has 3 nitrogen and oxygen atoms in total. The topological polar surface area (TPSA) is 59.0 Å². The van der Waals surface area contributed by atoms with Crippen LogP contribution in [0.5, 0.6) is 5.75 Å². The monoisotopic (exact) mass is 310 g/mol. The van der Waals surface area contributed by atoms with Gasteiger partial charge in [-0.25, -0.2) is 0 Å². The van der Waals surface area contributed by atoms with Crippen LogP contribution in [-0.4, -0.2) is 12.1 Å². The van der Waals surface area contributed by atoms with E-state index in [0.717, 1.165) is 17.3 Å². The Balaban J connectivity index is 2.77. The Morgan fingerprint density at radius 3 is 2.61 bits per heavy atom. The second-order valence-electron chi connectivity index (χ2n) is 4.28. The van der Waals surface area contributed by atoms with Crippen LogP contribution >= 0.6 is 15.9 Å². The van der Waals surface area contributed by atoms with Crippen LogP contribution in [0.4, 0.5) is 0 Å². The highest BCUT2D eigenvalue weighted by molar-refractivity contribution is 9.10. The van der Waals surface area contributed by atoms with Crippen molar-refractivity contribution in [2.45, 2.75) is 45.3 Å². The molecule has 98 valence electrons. The van der Waals surface area contributed by atoms with E-state index in [4.69, 9.17) is 15.7 Å². The molecule has 2 N–H and O–H groups in total. The maximum atomic E-state index is 8.88. The molecule has 0 aliphatic carbocycles. The molecule has 0 heterocycles. The molecule has 1 aromatic carbocycles. The first-order chi connectivity index (χ1) is 8.60. The van der Waals surface area contributed by atoms with Gasteiger partial charge in [-0.05, 0) is 52.9 Å². The third kappa shape index (κ3) is 4.32. The molecule has 0 saturated heterocycles. The number of nitrogens with zero attached hydrogens (tertiary/aromatic N) is 1. The van der Waals surface area contributed by atoms with Gasteiger partial charge in [0, 0.05) is 6.04 Å². The Morgan fingerprint density at radius 2 is 2.11 bits per heavy atom. The van der Waals surface area contributed by atoms with Crippen molar-refractivity contribution in [1.29, 1.82) is 5.26 Å². The molecule has 0 fully saturated rings. The van der Waals surface area contributed by atoms with Crippen LogP contribution in [0.15, 0.2) is 22.7 Å². The van der Waals surface area contributed by atoms with Gasteiger partial charge >= 0.3 is 0 Å². The Kier molecular flexibility index (Phi) is 6.17. The third-order valence-corrected chi connectivity index (χ3v) is 3.42. The largest absolute Gasteiger partial charge is 0.474 e.